The zero-order valence-electron chi connectivity index (χ0n) is 14.1. The van der Waals surface area contributed by atoms with E-state index in [0.29, 0.717) is 11.3 Å². The number of hydrazone groups is 1. The SMILES string of the molecule is O=C(Cc1ccccc1[N+](=O)[O-])N/N=C/c1cccn1-c1ccc(F)cc1. The van der Waals surface area contributed by atoms with E-state index in [1.807, 2.05) is 0 Å². The maximum absolute atomic E-state index is 13.1. The highest BCUT2D eigenvalue weighted by atomic mass is 19.1. The molecule has 1 aromatic heterocycles. The van der Waals surface area contributed by atoms with Gasteiger partial charge in [0.25, 0.3) is 5.69 Å². The summed E-state index contributed by atoms with van der Waals surface area (Å²) in [6, 6.07) is 15.6. The van der Waals surface area contributed by atoms with Crippen molar-refractivity contribution in [3.8, 4) is 5.69 Å². The highest BCUT2D eigenvalue weighted by molar-refractivity contribution is 5.83. The average Bonchev–Trinajstić information content (AvgIpc) is 3.11. The predicted octanol–water partition coefficient (Wildman–Crippen LogP) is 3.22. The number of carbonyl (C=O) groups is 1. The number of nitro groups is 1. The molecule has 0 fully saturated rings. The predicted molar refractivity (Wildman–Crippen MR) is 98.3 cm³/mol. The Labute approximate surface area is 153 Å². The molecule has 0 bridgehead atoms. The van der Waals surface area contributed by atoms with Crippen molar-refractivity contribution in [3.05, 3.63) is 94.0 Å². The van der Waals surface area contributed by atoms with E-state index in [2.05, 4.69) is 10.5 Å². The number of rotatable bonds is 6. The highest BCUT2D eigenvalue weighted by Crippen LogP contribution is 2.18. The van der Waals surface area contributed by atoms with Gasteiger partial charge in [0.05, 0.1) is 23.3 Å². The Hall–Kier alpha value is -3.81. The van der Waals surface area contributed by atoms with Crippen molar-refractivity contribution in [2.45, 2.75) is 6.42 Å². The van der Waals surface area contributed by atoms with Gasteiger partial charge in [-0.25, -0.2) is 9.82 Å². The molecule has 1 amide bonds. The molecule has 0 unspecified atom stereocenters. The first-order valence-corrected chi connectivity index (χ1v) is 8.02. The van der Waals surface area contributed by atoms with Crippen LogP contribution in [0.1, 0.15) is 11.3 Å². The van der Waals surface area contributed by atoms with Gasteiger partial charge in [-0.15, -0.1) is 0 Å². The molecular formula is C19H15FN4O3. The molecule has 7 nitrogen and oxygen atoms in total. The molecule has 0 spiro atoms. The van der Waals surface area contributed by atoms with Gasteiger partial charge in [-0.2, -0.15) is 5.10 Å². The monoisotopic (exact) mass is 366 g/mol. The molecule has 1 N–H and O–H groups in total. The lowest BCUT2D eigenvalue weighted by Gasteiger charge is -2.06. The van der Waals surface area contributed by atoms with E-state index in [4.69, 9.17) is 0 Å². The van der Waals surface area contributed by atoms with Crippen LogP contribution in [0, 0.1) is 15.9 Å². The smallest absolute Gasteiger partial charge is 0.273 e. The maximum Gasteiger partial charge on any atom is 0.273 e. The fraction of sp³-hybridized carbons (Fsp3) is 0.0526. The summed E-state index contributed by atoms with van der Waals surface area (Å²) in [5.41, 5.74) is 3.98. The third-order valence-corrected chi connectivity index (χ3v) is 3.81. The number of benzene rings is 2. The van der Waals surface area contributed by atoms with Crippen molar-refractivity contribution < 1.29 is 14.1 Å². The third-order valence-electron chi connectivity index (χ3n) is 3.81. The molecule has 8 heteroatoms. The summed E-state index contributed by atoms with van der Waals surface area (Å²) in [4.78, 5) is 22.5. The Balaban J connectivity index is 1.67. The number of nitrogens with one attached hydrogen (secondary N) is 1. The van der Waals surface area contributed by atoms with Gasteiger partial charge >= 0.3 is 0 Å². The molecular weight excluding hydrogens is 351 g/mol. The van der Waals surface area contributed by atoms with Gasteiger partial charge in [0.2, 0.25) is 5.91 Å². The second-order valence-corrected chi connectivity index (χ2v) is 5.64. The van der Waals surface area contributed by atoms with E-state index in [1.165, 1.54) is 30.5 Å². The topological polar surface area (TPSA) is 89.5 Å². The number of nitrogens with zero attached hydrogens (tertiary/aromatic N) is 3. The van der Waals surface area contributed by atoms with E-state index < -0.39 is 10.8 Å². The number of carbonyl (C=O) groups excluding carboxylic acids is 1. The number of hydrogen-bond donors (Lipinski definition) is 1. The molecule has 0 aliphatic rings. The van der Waals surface area contributed by atoms with Gasteiger partial charge in [0, 0.05) is 23.5 Å². The molecule has 1 heterocycles. The molecule has 27 heavy (non-hydrogen) atoms. The summed E-state index contributed by atoms with van der Waals surface area (Å²) in [5, 5.41) is 14.9. The Bertz CT molecular complexity index is 996. The largest absolute Gasteiger partial charge is 0.316 e. The number of aromatic nitrogens is 1. The van der Waals surface area contributed by atoms with Gasteiger partial charge in [0.1, 0.15) is 5.82 Å². The molecule has 3 rings (SSSR count). The lowest BCUT2D eigenvalue weighted by molar-refractivity contribution is -0.385. The minimum Gasteiger partial charge on any atom is -0.316 e. The van der Waals surface area contributed by atoms with E-state index in [9.17, 15) is 19.3 Å². The highest BCUT2D eigenvalue weighted by Gasteiger charge is 2.15. The lowest BCUT2D eigenvalue weighted by atomic mass is 10.1. The van der Waals surface area contributed by atoms with Crippen molar-refractivity contribution in [1.29, 1.82) is 0 Å². The number of amides is 1. The van der Waals surface area contributed by atoms with E-state index in [-0.39, 0.29) is 17.9 Å². The number of nitro benzene ring substituents is 1. The molecule has 136 valence electrons. The van der Waals surface area contributed by atoms with Crippen LogP contribution >= 0.6 is 0 Å². The summed E-state index contributed by atoms with van der Waals surface area (Å²) >= 11 is 0. The second-order valence-electron chi connectivity index (χ2n) is 5.64. The number of hydrogen-bond acceptors (Lipinski definition) is 4. The Morgan fingerprint density at radius 2 is 1.89 bits per heavy atom. The molecule has 0 radical (unpaired) electrons. The van der Waals surface area contributed by atoms with Crippen LogP contribution in [0.5, 0.6) is 0 Å². The molecule has 3 aromatic rings. The first kappa shape index (κ1) is 18.0. The maximum atomic E-state index is 13.1. The summed E-state index contributed by atoms with van der Waals surface area (Å²) in [7, 11) is 0. The van der Waals surface area contributed by atoms with Gasteiger partial charge in [0.15, 0.2) is 0 Å². The van der Waals surface area contributed by atoms with Crippen molar-refractivity contribution >= 4 is 17.8 Å². The third kappa shape index (κ3) is 4.43. The van der Waals surface area contributed by atoms with Gasteiger partial charge in [-0.3, -0.25) is 14.9 Å². The molecule has 0 saturated heterocycles. The molecule has 0 atom stereocenters. The number of para-hydroxylation sites is 1. The standard InChI is InChI=1S/C19H15FN4O3/c20-15-7-9-16(10-8-15)23-11-3-5-17(23)13-21-22-19(25)12-14-4-1-2-6-18(14)24(26)27/h1-11,13H,12H2,(H,22,25)/b21-13+. The van der Waals surface area contributed by atoms with Gasteiger partial charge < -0.3 is 4.57 Å². The van der Waals surface area contributed by atoms with Crippen molar-refractivity contribution in [2.24, 2.45) is 5.10 Å². The first-order valence-electron chi connectivity index (χ1n) is 8.02. The van der Waals surface area contributed by atoms with Crippen LogP contribution in [0.4, 0.5) is 10.1 Å². The van der Waals surface area contributed by atoms with Gasteiger partial charge in [-0.1, -0.05) is 18.2 Å². The Morgan fingerprint density at radius 3 is 2.63 bits per heavy atom. The molecule has 0 aliphatic heterocycles. The summed E-state index contributed by atoms with van der Waals surface area (Å²) < 4.78 is 14.8. The van der Waals surface area contributed by atoms with Crippen LogP contribution in [0.25, 0.3) is 5.69 Å². The minimum atomic E-state index is -0.526. The molecule has 2 aromatic carbocycles. The van der Waals surface area contributed by atoms with E-state index >= 15 is 0 Å². The minimum absolute atomic E-state index is 0.109. The van der Waals surface area contributed by atoms with Crippen LogP contribution in [0.15, 0.2) is 72.0 Å². The van der Waals surface area contributed by atoms with E-state index in [1.54, 1.807) is 47.2 Å². The summed E-state index contributed by atoms with van der Waals surface area (Å²) in [6.07, 6.45) is 3.07. The van der Waals surface area contributed by atoms with Crippen LogP contribution in [0.2, 0.25) is 0 Å². The number of halogens is 1. The van der Waals surface area contributed by atoms with Crippen LogP contribution in [-0.2, 0) is 11.2 Å². The second kappa shape index (κ2) is 8.05. The quantitative estimate of drug-likeness (QED) is 0.413. The van der Waals surface area contributed by atoms with Crippen LogP contribution < -0.4 is 5.43 Å². The first-order chi connectivity index (χ1) is 13.0. The van der Waals surface area contributed by atoms with Crippen LogP contribution in [-0.4, -0.2) is 21.6 Å². The fourth-order valence-corrected chi connectivity index (χ4v) is 2.56. The lowest BCUT2D eigenvalue weighted by Crippen LogP contribution is -2.20. The Kier molecular flexibility index (Phi) is 5.36. The zero-order valence-corrected chi connectivity index (χ0v) is 14.1. The van der Waals surface area contributed by atoms with Crippen molar-refractivity contribution in [3.63, 3.8) is 0 Å². The van der Waals surface area contributed by atoms with Crippen molar-refractivity contribution in [1.82, 2.24) is 9.99 Å². The summed E-state index contributed by atoms with van der Waals surface area (Å²) in [6.45, 7) is 0. The normalized spacial score (nSPS) is 10.9. The summed E-state index contributed by atoms with van der Waals surface area (Å²) in [5.74, 6) is -0.802. The van der Waals surface area contributed by atoms with Crippen molar-refractivity contribution in [2.75, 3.05) is 0 Å². The fourth-order valence-electron chi connectivity index (χ4n) is 2.56. The van der Waals surface area contributed by atoms with Gasteiger partial charge in [-0.05, 0) is 36.4 Å². The average molecular weight is 366 g/mol. The molecule has 0 saturated carbocycles. The Morgan fingerprint density at radius 1 is 1.15 bits per heavy atom. The van der Waals surface area contributed by atoms with Crippen LogP contribution in [0.3, 0.4) is 0 Å². The molecule has 0 aliphatic carbocycles. The van der Waals surface area contributed by atoms with E-state index in [0.717, 1.165) is 5.69 Å². The zero-order chi connectivity index (χ0) is 19.2.